The average molecular weight is 356 g/mol. The molecule has 6 heteroatoms. The summed E-state index contributed by atoms with van der Waals surface area (Å²) in [5, 5.41) is 19.8. The highest BCUT2D eigenvalue weighted by molar-refractivity contribution is 6.76. The lowest BCUT2D eigenvalue weighted by Crippen LogP contribution is -2.22. The number of hydrogen-bond acceptors (Lipinski definition) is 4. The molecule has 2 aromatic rings. The third kappa shape index (κ3) is 5.72. The zero-order valence-corrected chi connectivity index (χ0v) is 16.6. The Labute approximate surface area is 150 Å². The van der Waals surface area contributed by atoms with Crippen molar-refractivity contribution in [2.24, 2.45) is 0 Å². The Balaban J connectivity index is 2.33. The van der Waals surface area contributed by atoms with Gasteiger partial charge in [-0.05, 0) is 37.9 Å². The molecule has 0 fully saturated rings. The predicted molar refractivity (Wildman–Crippen MR) is 102 cm³/mol. The van der Waals surface area contributed by atoms with Crippen molar-refractivity contribution in [3.05, 3.63) is 29.6 Å². The van der Waals surface area contributed by atoms with Crippen molar-refractivity contribution in [3.63, 3.8) is 0 Å². The SMILES string of the molecule is CC(C)(O)C#Cc1cc2cc(C#N)cnc2n1COCC[Si](C)(C)C. The molecule has 2 heterocycles. The second kappa shape index (κ2) is 7.41. The molecule has 0 bridgehead atoms. The molecule has 0 saturated carbocycles. The van der Waals surface area contributed by atoms with Crippen LogP contribution < -0.4 is 0 Å². The molecule has 0 radical (unpaired) electrons. The van der Waals surface area contributed by atoms with Crippen molar-refractivity contribution in [2.45, 2.75) is 51.9 Å². The molecule has 0 spiro atoms. The lowest BCUT2D eigenvalue weighted by molar-refractivity contribution is 0.0893. The zero-order valence-electron chi connectivity index (χ0n) is 15.6. The molecule has 0 aliphatic heterocycles. The van der Waals surface area contributed by atoms with Crippen molar-refractivity contribution in [3.8, 4) is 17.9 Å². The Bertz CT molecular complexity index is 855. The van der Waals surface area contributed by atoms with Crippen molar-refractivity contribution >= 4 is 19.1 Å². The van der Waals surface area contributed by atoms with Crippen molar-refractivity contribution in [1.29, 1.82) is 5.26 Å². The molecule has 0 saturated heterocycles. The Morgan fingerprint density at radius 3 is 2.64 bits per heavy atom. The van der Waals surface area contributed by atoms with E-state index in [0.29, 0.717) is 24.6 Å². The Hall–Kier alpha value is -2.12. The van der Waals surface area contributed by atoms with Crippen LogP contribution in [0.5, 0.6) is 0 Å². The van der Waals surface area contributed by atoms with Gasteiger partial charge in [-0.2, -0.15) is 5.26 Å². The first kappa shape index (κ1) is 19.2. The molecule has 2 aromatic heterocycles. The van der Waals surface area contributed by atoms with Crippen LogP contribution in [0.4, 0.5) is 0 Å². The number of aliphatic hydroxyl groups is 1. The first-order valence-electron chi connectivity index (χ1n) is 8.32. The summed E-state index contributed by atoms with van der Waals surface area (Å²) in [4.78, 5) is 4.38. The molecule has 25 heavy (non-hydrogen) atoms. The van der Waals surface area contributed by atoms with E-state index in [1.807, 2.05) is 10.6 Å². The third-order valence-corrected chi connectivity index (χ3v) is 5.28. The third-order valence-electron chi connectivity index (χ3n) is 3.58. The summed E-state index contributed by atoms with van der Waals surface area (Å²) in [6, 6.07) is 6.85. The molecule has 2 rings (SSSR count). The minimum absolute atomic E-state index is 0.350. The number of aromatic nitrogens is 2. The fraction of sp³-hybridized carbons (Fsp3) is 0.474. The quantitative estimate of drug-likeness (QED) is 0.507. The van der Waals surface area contributed by atoms with Crippen molar-refractivity contribution in [2.75, 3.05) is 6.61 Å². The summed E-state index contributed by atoms with van der Waals surface area (Å²) in [5.41, 5.74) is 0.872. The highest BCUT2D eigenvalue weighted by Crippen LogP contribution is 2.19. The summed E-state index contributed by atoms with van der Waals surface area (Å²) in [6.45, 7) is 11.3. The number of ether oxygens (including phenoxy) is 1. The van der Waals surface area contributed by atoms with E-state index in [1.54, 1.807) is 26.1 Å². The molecule has 0 amide bonds. The topological polar surface area (TPSA) is 71.1 Å². The predicted octanol–water partition coefficient (Wildman–Crippen LogP) is 3.34. The fourth-order valence-electron chi connectivity index (χ4n) is 2.19. The fourth-order valence-corrected chi connectivity index (χ4v) is 2.95. The van der Waals surface area contributed by atoms with Gasteiger partial charge in [0.05, 0.1) is 11.3 Å². The number of nitriles is 1. The second-order valence-corrected chi connectivity index (χ2v) is 13.5. The van der Waals surface area contributed by atoms with E-state index >= 15 is 0 Å². The molecule has 0 aliphatic rings. The molecular formula is C19H25N3O2Si. The molecule has 5 nitrogen and oxygen atoms in total. The van der Waals surface area contributed by atoms with Crippen LogP contribution in [0.3, 0.4) is 0 Å². The molecule has 0 atom stereocenters. The summed E-state index contributed by atoms with van der Waals surface area (Å²) in [7, 11) is -1.15. The normalized spacial score (nSPS) is 11.9. The van der Waals surface area contributed by atoms with E-state index in [9.17, 15) is 5.11 Å². The van der Waals surface area contributed by atoms with E-state index < -0.39 is 13.7 Å². The van der Waals surface area contributed by atoms with Gasteiger partial charge in [0.1, 0.15) is 24.0 Å². The van der Waals surface area contributed by atoms with Crippen LogP contribution in [-0.4, -0.2) is 34.9 Å². The molecular weight excluding hydrogens is 330 g/mol. The number of nitrogens with zero attached hydrogens (tertiary/aromatic N) is 3. The number of rotatable bonds is 5. The maximum atomic E-state index is 9.86. The van der Waals surface area contributed by atoms with Gasteiger partial charge in [-0.1, -0.05) is 25.6 Å². The minimum atomic E-state index is -1.15. The van der Waals surface area contributed by atoms with Gasteiger partial charge >= 0.3 is 0 Å². The first-order chi connectivity index (χ1) is 11.6. The second-order valence-electron chi connectivity index (χ2n) is 7.86. The van der Waals surface area contributed by atoms with Crippen LogP contribution in [0.15, 0.2) is 18.3 Å². The van der Waals surface area contributed by atoms with E-state index in [1.165, 1.54) is 0 Å². The largest absolute Gasteiger partial charge is 0.378 e. The standard InChI is InChI=1S/C19H25N3O2Si/c1-19(2,23)7-6-17-11-16-10-15(12-20)13-21-18(16)22(17)14-24-8-9-25(3,4)5/h10-11,13,23H,8-9,14H2,1-5H3. The van der Waals surface area contributed by atoms with E-state index in [0.717, 1.165) is 17.1 Å². The van der Waals surface area contributed by atoms with Crippen LogP contribution in [0.2, 0.25) is 25.7 Å². The van der Waals surface area contributed by atoms with Crippen LogP contribution in [-0.2, 0) is 11.5 Å². The minimum Gasteiger partial charge on any atom is -0.378 e. The Morgan fingerprint density at radius 1 is 1.32 bits per heavy atom. The Morgan fingerprint density at radius 2 is 2.04 bits per heavy atom. The van der Waals surface area contributed by atoms with Gasteiger partial charge in [-0.3, -0.25) is 4.57 Å². The maximum absolute atomic E-state index is 9.86. The summed E-state index contributed by atoms with van der Waals surface area (Å²) in [5.74, 6) is 5.83. The van der Waals surface area contributed by atoms with Crippen LogP contribution in [0, 0.1) is 23.2 Å². The van der Waals surface area contributed by atoms with Gasteiger partial charge in [0, 0.05) is 26.3 Å². The van der Waals surface area contributed by atoms with Gasteiger partial charge in [-0.15, -0.1) is 0 Å². The molecule has 0 aliphatic carbocycles. The Kier molecular flexibility index (Phi) is 5.69. The molecule has 1 N–H and O–H groups in total. The van der Waals surface area contributed by atoms with Gasteiger partial charge in [-0.25, -0.2) is 4.98 Å². The molecule has 0 aromatic carbocycles. The summed E-state index contributed by atoms with van der Waals surface area (Å²) in [6.07, 6.45) is 1.55. The zero-order chi connectivity index (χ0) is 18.7. The average Bonchev–Trinajstić information content (AvgIpc) is 2.84. The molecule has 0 unspecified atom stereocenters. The van der Waals surface area contributed by atoms with Gasteiger partial charge in [0.25, 0.3) is 0 Å². The first-order valence-corrected chi connectivity index (χ1v) is 12.0. The van der Waals surface area contributed by atoms with E-state index in [-0.39, 0.29) is 0 Å². The smallest absolute Gasteiger partial charge is 0.142 e. The number of hydrogen-bond donors (Lipinski definition) is 1. The summed E-state index contributed by atoms with van der Waals surface area (Å²) < 4.78 is 7.74. The van der Waals surface area contributed by atoms with Gasteiger partial charge in [0.15, 0.2) is 0 Å². The maximum Gasteiger partial charge on any atom is 0.142 e. The van der Waals surface area contributed by atoms with Crippen molar-refractivity contribution < 1.29 is 9.84 Å². The van der Waals surface area contributed by atoms with E-state index in [4.69, 9.17) is 10.00 Å². The van der Waals surface area contributed by atoms with E-state index in [2.05, 4.69) is 42.5 Å². The highest BCUT2D eigenvalue weighted by Gasteiger charge is 2.14. The van der Waals surface area contributed by atoms with Crippen LogP contribution in [0.25, 0.3) is 11.0 Å². The number of pyridine rings is 1. The molecule has 132 valence electrons. The lowest BCUT2D eigenvalue weighted by atomic mass is 10.1. The lowest BCUT2D eigenvalue weighted by Gasteiger charge is -2.16. The van der Waals surface area contributed by atoms with Gasteiger partial charge in [0.2, 0.25) is 0 Å². The van der Waals surface area contributed by atoms with Crippen molar-refractivity contribution in [1.82, 2.24) is 9.55 Å². The van der Waals surface area contributed by atoms with Gasteiger partial charge < -0.3 is 9.84 Å². The monoisotopic (exact) mass is 355 g/mol. The highest BCUT2D eigenvalue weighted by atomic mass is 28.3. The summed E-state index contributed by atoms with van der Waals surface area (Å²) >= 11 is 0. The number of fused-ring (bicyclic) bond motifs is 1. The van der Waals surface area contributed by atoms with Crippen LogP contribution in [0.1, 0.15) is 25.1 Å². The van der Waals surface area contributed by atoms with Crippen LogP contribution >= 0.6 is 0 Å².